The van der Waals surface area contributed by atoms with Crippen molar-refractivity contribution in [1.29, 1.82) is 0 Å². The van der Waals surface area contributed by atoms with Crippen LogP contribution in [0.1, 0.15) is 11.1 Å². The monoisotopic (exact) mass is 311 g/mol. The number of carboxylic acid groups (broad SMARTS) is 1. The van der Waals surface area contributed by atoms with Crippen LogP contribution in [0.4, 0.5) is 4.39 Å². The van der Waals surface area contributed by atoms with Crippen LogP contribution in [0.2, 0.25) is 0 Å². The standard InChI is InChI=1S/C18H14FNO3/c19-15-7-3-1-5-12(15)10-20-11-13(9-17(21)22)18(23)14-6-2-4-8-16(14)20/h1-8,11H,9-10H2,(H,21,22). The minimum Gasteiger partial charge on any atom is -0.481 e. The van der Waals surface area contributed by atoms with E-state index in [1.807, 2.05) is 0 Å². The highest BCUT2D eigenvalue weighted by Gasteiger charge is 2.12. The lowest BCUT2D eigenvalue weighted by Gasteiger charge is -2.13. The molecule has 116 valence electrons. The molecule has 0 saturated carbocycles. The van der Waals surface area contributed by atoms with Gasteiger partial charge in [0.15, 0.2) is 5.43 Å². The number of halogens is 1. The van der Waals surface area contributed by atoms with Crippen LogP contribution < -0.4 is 5.43 Å². The predicted molar refractivity (Wildman–Crippen MR) is 85.0 cm³/mol. The summed E-state index contributed by atoms with van der Waals surface area (Å²) in [7, 11) is 0. The molecule has 0 aliphatic rings. The van der Waals surface area contributed by atoms with Gasteiger partial charge in [0.25, 0.3) is 0 Å². The molecule has 5 heteroatoms. The molecule has 0 amide bonds. The van der Waals surface area contributed by atoms with Crippen molar-refractivity contribution in [3.63, 3.8) is 0 Å². The number of para-hydroxylation sites is 1. The van der Waals surface area contributed by atoms with E-state index >= 15 is 0 Å². The molecule has 1 aromatic heterocycles. The number of aromatic nitrogens is 1. The highest BCUT2D eigenvalue weighted by Crippen LogP contribution is 2.16. The first-order valence-electron chi connectivity index (χ1n) is 7.12. The van der Waals surface area contributed by atoms with Crippen LogP contribution >= 0.6 is 0 Å². The number of aliphatic carboxylic acids is 1. The molecule has 1 N–H and O–H groups in total. The van der Waals surface area contributed by atoms with Gasteiger partial charge in [-0.15, -0.1) is 0 Å². The summed E-state index contributed by atoms with van der Waals surface area (Å²) in [4.78, 5) is 23.4. The molecule has 0 fully saturated rings. The van der Waals surface area contributed by atoms with Gasteiger partial charge in [0.05, 0.1) is 18.5 Å². The Hall–Kier alpha value is -2.95. The molecular weight excluding hydrogens is 297 g/mol. The molecular formula is C18H14FNO3. The third-order valence-electron chi connectivity index (χ3n) is 3.70. The SMILES string of the molecule is O=C(O)Cc1cn(Cc2ccccc2F)c2ccccc2c1=O. The number of carboxylic acids is 1. The van der Waals surface area contributed by atoms with E-state index in [4.69, 9.17) is 5.11 Å². The van der Waals surface area contributed by atoms with E-state index in [2.05, 4.69) is 0 Å². The number of fused-ring (bicyclic) bond motifs is 1. The zero-order valence-corrected chi connectivity index (χ0v) is 12.2. The summed E-state index contributed by atoms with van der Waals surface area (Å²) in [6.07, 6.45) is 1.15. The van der Waals surface area contributed by atoms with Crippen molar-refractivity contribution in [2.45, 2.75) is 13.0 Å². The van der Waals surface area contributed by atoms with Crippen molar-refractivity contribution in [2.24, 2.45) is 0 Å². The van der Waals surface area contributed by atoms with Crippen LogP contribution in [-0.4, -0.2) is 15.6 Å². The molecule has 0 unspecified atom stereocenters. The Morgan fingerprint density at radius 3 is 2.48 bits per heavy atom. The van der Waals surface area contributed by atoms with Crippen molar-refractivity contribution >= 4 is 16.9 Å². The van der Waals surface area contributed by atoms with Gasteiger partial charge in [0, 0.05) is 22.7 Å². The van der Waals surface area contributed by atoms with Gasteiger partial charge in [-0.2, -0.15) is 0 Å². The molecule has 0 aliphatic carbocycles. The van der Waals surface area contributed by atoms with Gasteiger partial charge in [-0.1, -0.05) is 30.3 Å². The maximum Gasteiger partial charge on any atom is 0.308 e. The van der Waals surface area contributed by atoms with Gasteiger partial charge in [-0.25, -0.2) is 4.39 Å². The van der Waals surface area contributed by atoms with Crippen molar-refractivity contribution in [1.82, 2.24) is 4.57 Å². The minimum absolute atomic E-state index is 0.188. The first-order valence-corrected chi connectivity index (χ1v) is 7.12. The van der Waals surface area contributed by atoms with Gasteiger partial charge < -0.3 is 9.67 Å². The molecule has 0 spiro atoms. The maximum atomic E-state index is 13.9. The van der Waals surface area contributed by atoms with Crippen LogP contribution in [0.3, 0.4) is 0 Å². The van der Waals surface area contributed by atoms with Crippen molar-refractivity contribution in [3.05, 3.63) is 81.9 Å². The smallest absolute Gasteiger partial charge is 0.308 e. The molecule has 1 heterocycles. The summed E-state index contributed by atoms with van der Waals surface area (Å²) in [5.74, 6) is -1.41. The summed E-state index contributed by atoms with van der Waals surface area (Å²) in [6, 6.07) is 13.3. The minimum atomic E-state index is -1.07. The van der Waals surface area contributed by atoms with Crippen molar-refractivity contribution in [3.8, 4) is 0 Å². The quantitative estimate of drug-likeness (QED) is 0.806. The third-order valence-corrected chi connectivity index (χ3v) is 3.70. The Kier molecular flexibility index (Phi) is 3.93. The average molecular weight is 311 g/mol. The zero-order valence-electron chi connectivity index (χ0n) is 12.2. The van der Waals surface area contributed by atoms with Gasteiger partial charge >= 0.3 is 5.97 Å². The van der Waals surface area contributed by atoms with Crippen LogP contribution in [-0.2, 0) is 17.8 Å². The highest BCUT2D eigenvalue weighted by molar-refractivity contribution is 5.81. The number of carbonyl (C=O) groups is 1. The summed E-state index contributed by atoms with van der Waals surface area (Å²) in [5, 5.41) is 9.41. The number of nitrogens with zero attached hydrogens (tertiary/aromatic N) is 1. The molecule has 0 saturated heterocycles. The normalized spacial score (nSPS) is 10.8. The summed E-state index contributed by atoms with van der Waals surface area (Å²) >= 11 is 0. The molecule has 3 aromatic rings. The van der Waals surface area contributed by atoms with Crippen LogP contribution in [0.15, 0.2) is 59.5 Å². The lowest BCUT2D eigenvalue weighted by molar-refractivity contribution is -0.136. The van der Waals surface area contributed by atoms with Crippen LogP contribution in [0, 0.1) is 5.82 Å². The Bertz CT molecular complexity index is 946. The van der Waals surface area contributed by atoms with Crippen molar-refractivity contribution in [2.75, 3.05) is 0 Å². The summed E-state index contributed by atoms with van der Waals surface area (Å²) < 4.78 is 15.6. The van der Waals surface area contributed by atoms with E-state index in [1.54, 1.807) is 47.0 Å². The molecule has 3 rings (SSSR count). The molecule has 4 nitrogen and oxygen atoms in total. The van der Waals surface area contributed by atoms with E-state index in [0.717, 1.165) is 0 Å². The van der Waals surface area contributed by atoms with Crippen LogP contribution in [0.25, 0.3) is 10.9 Å². The van der Waals surface area contributed by atoms with E-state index < -0.39 is 5.97 Å². The first kappa shape index (κ1) is 15.0. The van der Waals surface area contributed by atoms with E-state index in [9.17, 15) is 14.0 Å². The molecule has 0 aliphatic heterocycles. The van der Waals surface area contributed by atoms with E-state index in [0.29, 0.717) is 16.5 Å². The zero-order chi connectivity index (χ0) is 16.4. The van der Waals surface area contributed by atoms with Gasteiger partial charge in [-0.3, -0.25) is 9.59 Å². The van der Waals surface area contributed by atoms with E-state index in [-0.39, 0.29) is 29.8 Å². The lowest BCUT2D eigenvalue weighted by Crippen LogP contribution is -2.18. The fourth-order valence-corrected chi connectivity index (χ4v) is 2.64. The largest absolute Gasteiger partial charge is 0.481 e. The summed E-state index contributed by atoms with van der Waals surface area (Å²) in [5.41, 5.74) is 1.01. The first-order chi connectivity index (χ1) is 11.1. The summed E-state index contributed by atoms with van der Waals surface area (Å²) in [6.45, 7) is 0.222. The maximum absolute atomic E-state index is 13.9. The molecule has 0 bridgehead atoms. The highest BCUT2D eigenvalue weighted by atomic mass is 19.1. The van der Waals surface area contributed by atoms with Gasteiger partial charge in [0.2, 0.25) is 0 Å². The van der Waals surface area contributed by atoms with E-state index in [1.165, 1.54) is 12.3 Å². The average Bonchev–Trinajstić information content (AvgIpc) is 2.53. The molecule has 2 aromatic carbocycles. The Morgan fingerprint density at radius 2 is 1.74 bits per heavy atom. The second-order valence-electron chi connectivity index (χ2n) is 5.29. The number of hydrogen-bond donors (Lipinski definition) is 1. The third kappa shape index (κ3) is 2.99. The molecule has 0 atom stereocenters. The predicted octanol–water partition coefficient (Wildman–Crippen LogP) is 2.82. The Morgan fingerprint density at radius 1 is 1.04 bits per heavy atom. The Labute approximate surface area is 131 Å². The lowest BCUT2D eigenvalue weighted by atomic mass is 10.1. The second-order valence-corrected chi connectivity index (χ2v) is 5.29. The molecule has 23 heavy (non-hydrogen) atoms. The fourth-order valence-electron chi connectivity index (χ4n) is 2.64. The second kappa shape index (κ2) is 6.04. The Balaban J connectivity index is 2.19. The molecule has 0 radical (unpaired) electrons. The number of rotatable bonds is 4. The van der Waals surface area contributed by atoms with Gasteiger partial charge in [0.1, 0.15) is 5.82 Å². The van der Waals surface area contributed by atoms with Crippen molar-refractivity contribution < 1.29 is 14.3 Å². The number of pyridine rings is 1. The fraction of sp³-hybridized carbons (Fsp3) is 0.111. The number of benzene rings is 2. The number of hydrogen-bond acceptors (Lipinski definition) is 2. The van der Waals surface area contributed by atoms with Crippen LogP contribution in [0.5, 0.6) is 0 Å². The topological polar surface area (TPSA) is 59.3 Å². The van der Waals surface area contributed by atoms with Gasteiger partial charge in [-0.05, 0) is 18.2 Å².